The van der Waals surface area contributed by atoms with Crippen molar-refractivity contribution in [1.82, 2.24) is 0 Å². The molecule has 2 rings (SSSR count). The molecule has 0 aliphatic carbocycles. The molecule has 0 saturated carbocycles. The van der Waals surface area contributed by atoms with Crippen molar-refractivity contribution in [2.45, 2.75) is 6.42 Å². The number of hydrogen-bond acceptors (Lipinski definition) is 4. The number of anilines is 2. The van der Waals surface area contributed by atoms with E-state index in [0.29, 0.717) is 17.1 Å². The highest BCUT2D eigenvalue weighted by atomic mass is 32.2. The molecule has 0 bridgehead atoms. The first-order chi connectivity index (χ1) is 11.4. The Labute approximate surface area is 142 Å². The lowest BCUT2D eigenvalue weighted by molar-refractivity contribution is -0.116. The van der Waals surface area contributed by atoms with Crippen LogP contribution in [0.4, 0.5) is 11.4 Å². The summed E-state index contributed by atoms with van der Waals surface area (Å²) in [5.41, 5.74) is 1.17. The minimum Gasteiger partial charge on any atom is -0.497 e. The van der Waals surface area contributed by atoms with E-state index >= 15 is 0 Å². The summed E-state index contributed by atoms with van der Waals surface area (Å²) in [5, 5.41) is 2.74. The van der Waals surface area contributed by atoms with E-state index in [9.17, 15) is 13.2 Å². The maximum Gasteiger partial charge on any atom is 0.232 e. The van der Waals surface area contributed by atoms with Gasteiger partial charge in [0.25, 0.3) is 0 Å². The number of benzene rings is 2. The normalized spacial score (nSPS) is 10.9. The van der Waals surface area contributed by atoms with Crippen LogP contribution in [0.1, 0.15) is 6.42 Å². The zero-order valence-corrected chi connectivity index (χ0v) is 14.4. The number of hydrogen-bond donors (Lipinski definition) is 1. The second-order valence-electron chi connectivity index (χ2n) is 5.20. The van der Waals surface area contributed by atoms with Crippen molar-refractivity contribution in [3.63, 3.8) is 0 Å². The molecule has 7 heteroatoms. The van der Waals surface area contributed by atoms with Crippen LogP contribution in [0.2, 0.25) is 0 Å². The van der Waals surface area contributed by atoms with Crippen molar-refractivity contribution >= 4 is 27.3 Å². The summed E-state index contributed by atoms with van der Waals surface area (Å²) in [7, 11) is -1.89. The predicted molar refractivity (Wildman–Crippen MR) is 94.9 cm³/mol. The standard InChI is InChI=1S/C17H20N2O4S/c1-23-16-10-8-14(9-11-16)18-17(20)12-13-19(24(2,21)22)15-6-4-3-5-7-15/h3-11H,12-13H2,1-2H3,(H,18,20). The predicted octanol–water partition coefficient (Wildman–Crippen LogP) is 2.49. The summed E-state index contributed by atoms with van der Waals surface area (Å²) >= 11 is 0. The smallest absolute Gasteiger partial charge is 0.232 e. The molecule has 0 heterocycles. The highest BCUT2D eigenvalue weighted by Gasteiger charge is 2.18. The largest absolute Gasteiger partial charge is 0.497 e. The van der Waals surface area contributed by atoms with Crippen molar-refractivity contribution in [3.05, 3.63) is 54.6 Å². The monoisotopic (exact) mass is 348 g/mol. The third-order valence-electron chi connectivity index (χ3n) is 3.36. The van der Waals surface area contributed by atoms with E-state index in [1.54, 1.807) is 61.7 Å². The van der Waals surface area contributed by atoms with Crippen LogP contribution in [0.3, 0.4) is 0 Å². The summed E-state index contributed by atoms with van der Waals surface area (Å²) < 4.78 is 30.2. The minimum absolute atomic E-state index is 0.0496. The lowest BCUT2D eigenvalue weighted by Gasteiger charge is -2.22. The molecule has 0 aliphatic rings. The number of sulfonamides is 1. The Morgan fingerprint density at radius 1 is 1.08 bits per heavy atom. The van der Waals surface area contributed by atoms with Gasteiger partial charge in [0.2, 0.25) is 15.9 Å². The van der Waals surface area contributed by atoms with Crippen LogP contribution in [-0.4, -0.2) is 34.2 Å². The van der Waals surface area contributed by atoms with Crippen LogP contribution in [0.5, 0.6) is 5.75 Å². The van der Waals surface area contributed by atoms with Gasteiger partial charge in [-0.25, -0.2) is 8.42 Å². The Kier molecular flexibility index (Phi) is 5.81. The van der Waals surface area contributed by atoms with Gasteiger partial charge < -0.3 is 10.1 Å². The van der Waals surface area contributed by atoms with Gasteiger partial charge in [-0.15, -0.1) is 0 Å². The van der Waals surface area contributed by atoms with Crippen molar-refractivity contribution in [2.24, 2.45) is 0 Å². The number of nitrogens with one attached hydrogen (secondary N) is 1. The van der Waals surface area contributed by atoms with Crippen LogP contribution in [-0.2, 0) is 14.8 Å². The highest BCUT2D eigenvalue weighted by molar-refractivity contribution is 7.92. The van der Waals surface area contributed by atoms with Gasteiger partial charge in [0.1, 0.15) is 5.75 Å². The second kappa shape index (κ2) is 7.83. The van der Waals surface area contributed by atoms with Crippen molar-refractivity contribution in [1.29, 1.82) is 0 Å². The zero-order valence-electron chi connectivity index (χ0n) is 13.6. The average Bonchev–Trinajstić information content (AvgIpc) is 2.55. The topological polar surface area (TPSA) is 75.7 Å². The maximum absolute atomic E-state index is 12.1. The molecule has 0 spiro atoms. The van der Waals surface area contributed by atoms with E-state index in [1.807, 2.05) is 0 Å². The first kappa shape index (κ1) is 17.8. The summed E-state index contributed by atoms with van der Waals surface area (Å²) in [6.07, 6.45) is 1.18. The highest BCUT2D eigenvalue weighted by Crippen LogP contribution is 2.18. The van der Waals surface area contributed by atoms with Crippen LogP contribution in [0, 0.1) is 0 Å². The SMILES string of the molecule is COc1ccc(NC(=O)CCN(c2ccccc2)S(C)(=O)=O)cc1. The number of ether oxygens (including phenoxy) is 1. The number of para-hydroxylation sites is 1. The van der Waals surface area contributed by atoms with Crippen molar-refractivity contribution in [2.75, 3.05) is 29.5 Å². The summed E-state index contributed by atoms with van der Waals surface area (Å²) in [5.74, 6) is 0.435. The van der Waals surface area contributed by atoms with Crippen LogP contribution in [0.15, 0.2) is 54.6 Å². The average molecular weight is 348 g/mol. The van der Waals surface area contributed by atoms with Gasteiger partial charge in [0, 0.05) is 18.7 Å². The molecule has 0 fully saturated rings. The number of rotatable bonds is 7. The number of nitrogens with zero attached hydrogens (tertiary/aromatic N) is 1. The molecule has 6 nitrogen and oxygen atoms in total. The van der Waals surface area contributed by atoms with Gasteiger partial charge in [-0.3, -0.25) is 9.10 Å². The molecule has 24 heavy (non-hydrogen) atoms. The quantitative estimate of drug-likeness (QED) is 0.834. The zero-order chi connectivity index (χ0) is 17.6. The molecule has 1 N–H and O–H groups in total. The molecule has 0 atom stereocenters. The van der Waals surface area contributed by atoms with Crippen molar-refractivity contribution in [3.8, 4) is 5.75 Å². The molecule has 0 aliphatic heterocycles. The molecular weight excluding hydrogens is 328 g/mol. The lowest BCUT2D eigenvalue weighted by Crippen LogP contribution is -2.32. The molecule has 1 amide bonds. The van der Waals surface area contributed by atoms with E-state index in [2.05, 4.69) is 5.32 Å². The maximum atomic E-state index is 12.1. The molecule has 0 radical (unpaired) electrons. The van der Waals surface area contributed by atoms with Gasteiger partial charge in [0.15, 0.2) is 0 Å². The molecule has 0 saturated heterocycles. The Hall–Kier alpha value is -2.54. The summed E-state index contributed by atoms with van der Waals surface area (Å²) in [4.78, 5) is 12.1. The molecule has 0 unspecified atom stereocenters. The number of carbonyl (C=O) groups is 1. The molecule has 128 valence electrons. The number of amides is 1. The van der Waals surface area contributed by atoms with Gasteiger partial charge in [0.05, 0.1) is 19.1 Å². The Bertz CT molecular complexity index is 774. The second-order valence-corrected chi connectivity index (χ2v) is 7.10. The molecule has 2 aromatic rings. The van der Waals surface area contributed by atoms with Gasteiger partial charge in [-0.05, 0) is 36.4 Å². The summed E-state index contributed by atoms with van der Waals surface area (Å²) in [6.45, 7) is 0.0742. The van der Waals surface area contributed by atoms with E-state index in [-0.39, 0.29) is 18.9 Å². The van der Waals surface area contributed by atoms with E-state index < -0.39 is 10.0 Å². The van der Waals surface area contributed by atoms with Gasteiger partial charge in [-0.2, -0.15) is 0 Å². The van der Waals surface area contributed by atoms with Crippen LogP contribution >= 0.6 is 0 Å². The van der Waals surface area contributed by atoms with Gasteiger partial charge in [-0.1, -0.05) is 18.2 Å². The van der Waals surface area contributed by atoms with Crippen LogP contribution < -0.4 is 14.4 Å². The third-order valence-corrected chi connectivity index (χ3v) is 4.55. The Morgan fingerprint density at radius 3 is 2.25 bits per heavy atom. The molecule has 0 aromatic heterocycles. The third kappa shape index (κ3) is 4.99. The fourth-order valence-corrected chi connectivity index (χ4v) is 3.11. The summed E-state index contributed by atoms with van der Waals surface area (Å²) in [6, 6.07) is 15.6. The fourth-order valence-electron chi connectivity index (χ4n) is 2.18. The first-order valence-electron chi connectivity index (χ1n) is 7.37. The minimum atomic E-state index is -3.46. The Morgan fingerprint density at radius 2 is 1.71 bits per heavy atom. The van der Waals surface area contributed by atoms with Crippen molar-refractivity contribution < 1.29 is 17.9 Å². The Balaban J connectivity index is 1.99. The number of methoxy groups -OCH3 is 1. The number of carbonyl (C=O) groups excluding carboxylic acids is 1. The first-order valence-corrected chi connectivity index (χ1v) is 9.21. The molecule has 2 aromatic carbocycles. The lowest BCUT2D eigenvalue weighted by atomic mass is 10.3. The van der Waals surface area contributed by atoms with Crippen LogP contribution in [0.25, 0.3) is 0 Å². The van der Waals surface area contributed by atoms with E-state index in [1.165, 1.54) is 4.31 Å². The van der Waals surface area contributed by atoms with E-state index in [4.69, 9.17) is 4.74 Å². The van der Waals surface area contributed by atoms with Gasteiger partial charge >= 0.3 is 0 Å². The fraction of sp³-hybridized carbons (Fsp3) is 0.235. The molecular formula is C17H20N2O4S. The van der Waals surface area contributed by atoms with E-state index in [0.717, 1.165) is 6.26 Å².